The van der Waals surface area contributed by atoms with Crippen LogP contribution in [0.3, 0.4) is 0 Å². The van der Waals surface area contributed by atoms with Crippen LogP contribution < -0.4 is 16.6 Å². The summed E-state index contributed by atoms with van der Waals surface area (Å²) in [6, 6.07) is 10.8. The van der Waals surface area contributed by atoms with Crippen LogP contribution in [0.5, 0.6) is 0 Å². The van der Waals surface area contributed by atoms with Gasteiger partial charge in [0, 0.05) is 17.8 Å². The lowest BCUT2D eigenvalue weighted by Crippen LogP contribution is -2.17. The predicted molar refractivity (Wildman–Crippen MR) is 80.0 cm³/mol. The SMILES string of the molecule is Cc1ccc(C(=O)Nc2ccc([N+](=O)[O-])cc2)c(NN)c1. The highest BCUT2D eigenvalue weighted by atomic mass is 16.6. The van der Waals surface area contributed by atoms with Crippen molar-refractivity contribution in [1.82, 2.24) is 0 Å². The number of benzene rings is 2. The normalized spacial score (nSPS) is 10.0. The molecule has 0 bridgehead atoms. The van der Waals surface area contributed by atoms with E-state index in [9.17, 15) is 14.9 Å². The zero-order chi connectivity index (χ0) is 15.4. The zero-order valence-corrected chi connectivity index (χ0v) is 11.3. The number of nitro groups is 1. The summed E-state index contributed by atoms with van der Waals surface area (Å²) in [6.07, 6.45) is 0. The third-order valence-corrected chi connectivity index (χ3v) is 2.91. The number of non-ortho nitro benzene ring substituents is 1. The second kappa shape index (κ2) is 6.02. The number of hydrogen-bond donors (Lipinski definition) is 3. The minimum atomic E-state index is -0.498. The Bertz CT molecular complexity index is 683. The molecule has 7 heteroatoms. The van der Waals surface area contributed by atoms with Crippen molar-refractivity contribution in [3.63, 3.8) is 0 Å². The number of nitrogens with two attached hydrogens (primary N) is 1. The number of nitrogens with one attached hydrogen (secondary N) is 2. The molecule has 0 radical (unpaired) electrons. The van der Waals surface area contributed by atoms with Crippen LogP contribution >= 0.6 is 0 Å². The molecule has 21 heavy (non-hydrogen) atoms. The first kappa shape index (κ1) is 14.5. The molecule has 108 valence electrons. The Hall–Kier alpha value is -2.93. The van der Waals surface area contributed by atoms with Crippen molar-refractivity contribution in [3.05, 3.63) is 63.7 Å². The monoisotopic (exact) mass is 286 g/mol. The molecule has 0 saturated carbocycles. The Balaban J connectivity index is 2.19. The Labute approximate surface area is 120 Å². The molecule has 0 heterocycles. The average Bonchev–Trinajstić information content (AvgIpc) is 2.47. The van der Waals surface area contributed by atoms with Gasteiger partial charge in [0.1, 0.15) is 0 Å². The minimum Gasteiger partial charge on any atom is -0.323 e. The number of nitro benzene ring substituents is 1. The highest BCUT2D eigenvalue weighted by Crippen LogP contribution is 2.20. The molecule has 0 spiro atoms. The first-order valence-corrected chi connectivity index (χ1v) is 6.14. The van der Waals surface area contributed by atoms with Crippen LogP contribution in [0.4, 0.5) is 17.1 Å². The van der Waals surface area contributed by atoms with E-state index in [0.717, 1.165) is 5.56 Å². The van der Waals surface area contributed by atoms with E-state index >= 15 is 0 Å². The summed E-state index contributed by atoms with van der Waals surface area (Å²) < 4.78 is 0. The van der Waals surface area contributed by atoms with Gasteiger partial charge in [0.25, 0.3) is 11.6 Å². The molecular formula is C14H14N4O3. The van der Waals surface area contributed by atoms with E-state index in [1.165, 1.54) is 24.3 Å². The fourth-order valence-corrected chi connectivity index (χ4v) is 1.84. The van der Waals surface area contributed by atoms with Crippen molar-refractivity contribution in [1.29, 1.82) is 0 Å². The lowest BCUT2D eigenvalue weighted by atomic mass is 10.1. The molecule has 1 amide bonds. The maximum Gasteiger partial charge on any atom is 0.269 e. The fourth-order valence-electron chi connectivity index (χ4n) is 1.84. The summed E-state index contributed by atoms with van der Waals surface area (Å²) in [6.45, 7) is 1.89. The van der Waals surface area contributed by atoms with Crippen LogP contribution in [0.15, 0.2) is 42.5 Å². The topological polar surface area (TPSA) is 110 Å². The lowest BCUT2D eigenvalue weighted by molar-refractivity contribution is -0.384. The summed E-state index contributed by atoms with van der Waals surface area (Å²) in [5.41, 5.74) is 4.78. The predicted octanol–water partition coefficient (Wildman–Crippen LogP) is 2.44. The van der Waals surface area contributed by atoms with Crippen molar-refractivity contribution >= 4 is 23.0 Å². The van der Waals surface area contributed by atoms with Gasteiger partial charge in [0.05, 0.1) is 16.2 Å². The van der Waals surface area contributed by atoms with Crippen molar-refractivity contribution < 1.29 is 9.72 Å². The second-order valence-corrected chi connectivity index (χ2v) is 4.45. The quantitative estimate of drug-likeness (QED) is 0.454. The molecule has 0 atom stereocenters. The van der Waals surface area contributed by atoms with Gasteiger partial charge < -0.3 is 10.7 Å². The fraction of sp³-hybridized carbons (Fsp3) is 0.0714. The number of nitrogen functional groups attached to an aromatic ring is 1. The molecule has 2 rings (SSSR count). The molecular weight excluding hydrogens is 272 g/mol. The Morgan fingerprint density at radius 2 is 1.86 bits per heavy atom. The molecule has 2 aromatic carbocycles. The molecule has 2 aromatic rings. The van der Waals surface area contributed by atoms with E-state index in [0.29, 0.717) is 16.9 Å². The van der Waals surface area contributed by atoms with Gasteiger partial charge in [-0.2, -0.15) is 0 Å². The summed E-state index contributed by atoms with van der Waals surface area (Å²) in [5, 5.41) is 13.2. The van der Waals surface area contributed by atoms with E-state index in [2.05, 4.69) is 10.7 Å². The van der Waals surface area contributed by atoms with Gasteiger partial charge >= 0.3 is 0 Å². The van der Waals surface area contributed by atoms with E-state index in [1.54, 1.807) is 18.2 Å². The number of anilines is 2. The van der Waals surface area contributed by atoms with Gasteiger partial charge in [-0.15, -0.1) is 0 Å². The molecule has 0 aliphatic carbocycles. The molecule has 4 N–H and O–H groups in total. The molecule has 0 aliphatic heterocycles. The van der Waals surface area contributed by atoms with Crippen molar-refractivity contribution in [2.24, 2.45) is 5.84 Å². The van der Waals surface area contributed by atoms with Gasteiger partial charge in [-0.25, -0.2) is 0 Å². The van der Waals surface area contributed by atoms with Crippen LogP contribution in [-0.2, 0) is 0 Å². The number of carbonyl (C=O) groups excluding carboxylic acids is 1. The summed E-state index contributed by atoms with van der Waals surface area (Å²) in [5.74, 6) is 5.05. The van der Waals surface area contributed by atoms with Crippen LogP contribution in [-0.4, -0.2) is 10.8 Å². The van der Waals surface area contributed by atoms with E-state index in [1.807, 2.05) is 6.92 Å². The lowest BCUT2D eigenvalue weighted by Gasteiger charge is -2.10. The first-order valence-electron chi connectivity index (χ1n) is 6.14. The van der Waals surface area contributed by atoms with Crippen molar-refractivity contribution in [2.75, 3.05) is 10.7 Å². The molecule has 0 aliphatic rings. The molecule has 7 nitrogen and oxygen atoms in total. The number of rotatable bonds is 4. The highest BCUT2D eigenvalue weighted by molar-refractivity contribution is 6.08. The summed E-state index contributed by atoms with van der Waals surface area (Å²) >= 11 is 0. The Morgan fingerprint density at radius 3 is 2.43 bits per heavy atom. The van der Waals surface area contributed by atoms with Gasteiger partial charge in [-0.05, 0) is 36.8 Å². The van der Waals surface area contributed by atoms with Crippen LogP contribution in [0.25, 0.3) is 0 Å². The van der Waals surface area contributed by atoms with Gasteiger partial charge in [-0.3, -0.25) is 20.8 Å². The number of hydrazine groups is 1. The third kappa shape index (κ3) is 3.34. The van der Waals surface area contributed by atoms with Crippen molar-refractivity contribution in [2.45, 2.75) is 6.92 Å². The smallest absolute Gasteiger partial charge is 0.269 e. The summed E-state index contributed by atoms with van der Waals surface area (Å²) in [7, 11) is 0. The van der Waals surface area contributed by atoms with E-state index < -0.39 is 4.92 Å². The maximum atomic E-state index is 12.2. The van der Waals surface area contributed by atoms with E-state index in [-0.39, 0.29) is 11.6 Å². The molecule has 0 aromatic heterocycles. The number of aryl methyl sites for hydroxylation is 1. The van der Waals surface area contributed by atoms with E-state index in [4.69, 9.17) is 5.84 Å². The number of hydrogen-bond acceptors (Lipinski definition) is 5. The van der Waals surface area contributed by atoms with Crippen LogP contribution in [0, 0.1) is 17.0 Å². The largest absolute Gasteiger partial charge is 0.323 e. The second-order valence-electron chi connectivity index (χ2n) is 4.45. The Morgan fingerprint density at radius 1 is 1.19 bits per heavy atom. The maximum absolute atomic E-state index is 12.2. The highest BCUT2D eigenvalue weighted by Gasteiger charge is 2.12. The zero-order valence-electron chi connectivity index (χ0n) is 11.3. The standard InChI is InChI=1S/C14H14N4O3/c1-9-2-7-12(13(8-9)17-15)14(19)16-10-3-5-11(6-4-10)18(20)21/h2-8,17H,15H2,1H3,(H,16,19). The Kier molecular flexibility index (Phi) is 4.15. The number of carbonyl (C=O) groups is 1. The van der Waals surface area contributed by atoms with Crippen molar-refractivity contribution in [3.8, 4) is 0 Å². The van der Waals surface area contributed by atoms with Crippen LogP contribution in [0.2, 0.25) is 0 Å². The minimum absolute atomic E-state index is 0.0346. The molecule has 0 fully saturated rings. The average molecular weight is 286 g/mol. The number of amides is 1. The van der Waals surface area contributed by atoms with Gasteiger partial charge in [0.15, 0.2) is 0 Å². The summed E-state index contributed by atoms with van der Waals surface area (Å²) in [4.78, 5) is 22.3. The van der Waals surface area contributed by atoms with Crippen LogP contribution in [0.1, 0.15) is 15.9 Å². The molecule has 0 unspecified atom stereocenters. The van der Waals surface area contributed by atoms with Gasteiger partial charge in [-0.1, -0.05) is 6.07 Å². The number of nitrogens with zero attached hydrogens (tertiary/aromatic N) is 1. The van der Waals surface area contributed by atoms with Gasteiger partial charge in [0.2, 0.25) is 0 Å². The first-order chi connectivity index (χ1) is 10.0. The third-order valence-electron chi connectivity index (χ3n) is 2.91. The molecule has 0 saturated heterocycles.